The molecule has 0 aliphatic heterocycles. The summed E-state index contributed by atoms with van der Waals surface area (Å²) in [4.78, 5) is 0. The van der Waals surface area contributed by atoms with Gasteiger partial charge in [0.2, 0.25) is 0 Å². The van der Waals surface area contributed by atoms with Gasteiger partial charge in [0.15, 0.2) is 0 Å². The molecule has 2 rings (SSSR count). The van der Waals surface area contributed by atoms with Gasteiger partial charge in [0.1, 0.15) is 0 Å². The summed E-state index contributed by atoms with van der Waals surface area (Å²) in [6.07, 6.45) is 4.52. The first kappa shape index (κ1) is 16.1. The molecule has 0 amide bonds. The highest BCUT2D eigenvalue weighted by Gasteiger charge is 2.10. The minimum Gasteiger partial charge on any atom is -0.314 e. The molecule has 0 aromatic heterocycles. The zero-order valence-electron chi connectivity index (χ0n) is 12.7. The highest BCUT2D eigenvalue weighted by Crippen LogP contribution is 2.18. The number of hydrogen-bond donors (Lipinski definition) is 1. The van der Waals surface area contributed by atoms with Gasteiger partial charge in [0, 0.05) is 11.1 Å². The molecule has 2 heteroatoms. The molecule has 0 saturated carbocycles. The summed E-state index contributed by atoms with van der Waals surface area (Å²) < 4.78 is 0. The summed E-state index contributed by atoms with van der Waals surface area (Å²) in [5.74, 6) is 0. The molecule has 1 N–H and O–H groups in total. The van der Waals surface area contributed by atoms with Crippen LogP contribution in [0.3, 0.4) is 0 Å². The van der Waals surface area contributed by atoms with Gasteiger partial charge < -0.3 is 5.32 Å². The third kappa shape index (κ3) is 5.53. The molecule has 0 aliphatic carbocycles. The number of halogens is 1. The standard InChI is InChI=1S/C19H24ClN/c1-2-21-18(15-17-12-6-7-14-19(17)20)13-8-11-16-9-4-3-5-10-16/h3-7,9-10,12,14,18,21H,2,8,11,13,15H2,1H3. The number of hydrogen-bond acceptors (Lipinski definition) is 1. The van der Waals surface area contributed by atoms with Crippen LogP contribution in [0.1, 0.15) is 30.9 Å². The van der Waals surface area contributed by atoms with Crippen LogP contribution in [-0.2, 0) is 12.8 Å². The lowest BCUT2D eigenvalue weighted by Gasteiger charge is -2.18. The number of nitrogens with one attached hydrogen (secondary N) is 1. The van der Waals surface area contributed by atoms with E-state index in [4.69, 9.17) is 11.6 Å². The monoisotopic (exact) mass is 301 g/mol. The molecule has 1 nitrogen and oxygen atoms in total. The zero-order valence-corrected chi connectivity index (χ0v) is 13.4. The summed E-state index contributed by atoms with van der Waals surface area (Å²) in [6, 6.07) is 19.4. The minimum absolute atomic E-state index is 0.499. The maximum atomic E-state index is 6.27. The second-order valence-corrected chi connectivity index (χ2v) is 5.84. The topological polar surface area (TPSA) is 12.0 Å². The quantitative estimate of drug-likeness (QED) is 0.732. The maximum Gasteiger partial charge on any atom is 0.0438 e. The average Bonchev–Trinajstić information content (AvgIpc) is 2.51. The Labute approximate surface area is 133 Å². The zero-order chi connectivity index (χ0) is 14.9. The highest BCUT2D eigenvalue weighted by molar-refractivity contribution is 6.31. The Morgan fingerprint density at radius 1 is 1.00 bits per heavy atom. The molecule has 0 bridgehead atoms. The van der Waals surface area contributed by atoms with Crippen molar-refractivity contribution in [2.75, 3.05) is 6.54 Å². The van der Waals surface area contributed by atoms with Crippen molar-refractivity contribution in [2.24, 2.45) is 0 Å². The minimum atomic E-state index is 0.499. The molecule has 0 saturated heterocycles. The first-order valence-corrected chi connectivity index (χ1v) is 8.18. The lowest BCUT2D eigenvalue weighted by molar-refractivity contribution is 0.476. The number of rotatable bonds is 8. The van der Waals surface area contributed by atoms with Crippen molar-refractivity contribution >= 4 is 11.6 Å². The van der Waals surface area contributed by atoms with Crippen LogP contribution in [-0.4, -0.2) is 12.6 Å². The van der Waals surface area contributed by atoms with Gasteiger partial charge in [-0.15, -0.1) is 0 Å². The third-order valence-corrected chi connectivity index (χ3v) is 4.15. The molecule has 0 aliphatic rings. The fraction of sp³-hybridized carbons (Fsp3) is 0.368. The van der Waals surface area contributed by atoms with E-state index in [-0.39, 0.29) is 0 Å². The van der Waals surface area contributed by atoms with Crippen LogP contribution in [0.15, 0.2) is 54.6 Å². The van der Waals surface area contributed by atoms with Crippen LogP contribution in [0.5, 0.6) is 0 Å². The second-order valence-electron chi connectivity index (χ2n) is 5.43. The largest absolute Gasteiger partial charge is 0.314 e. The summed E-state index contributed by atoms with van der Waals surface area (Å²) in [5.41, 5.74) is 2.66. The van der Waals surface area contributed by atoms with Gasteiger partial charge in [0.05, 0.1) is 0 Å². The Bertz CT molecular complexity index is 524. The Morgan fingerprint density at radius 3 is 2.43 bits per heavy atom. The van der Waals surface area contributed by atoms with E-state index in [1.54, 1.807) is 0 Å². The molecule has 21 heavy (non-hydrogen) atoms. The van der Waals surface area contributed by atoms with Gasteiger partial charge in [-0.25, -0.2) is 0 Å². The van der Waals surface area contributed by atoms with Crippen molar-refractivity contribution in [3.8, 4) is 0 Å². The molecule has 1 unspecified atom stereocenters. The van der Waals surface area contributed by atoms with Crippen LogP contribution in [0.25, 0.3) is 0 Å². The van der Waals surface area contributed by atoms with E-state index in [9.17, 15) is 0 Å². The van der Waals surface area contributed by atoms with Gasteiger partial charge in [-0.05, 0) is 49.4 Å². The Morgan fingerprint density at radius 2 is 1.71 bits per heavy atom. The molecule has 2 aromatic carbocycles. The molecule has 0 spiro atoms. The van der Waals surface area contributed by atoms with E-state index in [2.05, 4.69) is 54.7 Å². The Hall–Kier alpha value is -1.31. The van der Waals surface area contributed by atoms with Crippen molar-refractivity contribution < 1.29 is 0 Å². The van der Waals surface area contributed by atoms with E-state index < -0.39 is 0 Å². The normalized spacial score (nSPS) is 12.3. The van der Waals surface area contributed by atoms with Crippen molar-refractivity contribution in [1.82, 2.24) is 5.32 Å². The van der Waals surface area contributed by atoms with Gasteiger partial charge >= 0.3 is 0 Å². The fourth-order valence-corrected chi connectivity index (χ4v) is 2.90. The predicted octanol–water partition coefficient (Wildman–Crippen LogP) is 4.88. The van der Waals surface area contributed by atoms with Crippen LogP contribution >= 0.6 is 11.6 Å². The SMILES string of the molecule is CCNC(CCCc1ccccc1)Cc1ccccc1Cl. The first-order valence-electron chi connectivity index (χ1n) is 7.80. The predicted molar refractivity (Wildman–Crippen MR) is 92.0 cm³/mol. The van der Waals surface area contributed by atoms with Gasteiger partial charge in [-0.2, -0.15) is 0 Å². The van der Waals surface area contributed by atoms with Gasteiger partial charge in [-0.1, -0.05) is 67.1 Å². The van der Waals surface area contributed by atoms with Crippen molar-refractivity contribution in [3.05, 3.63) is 70.7 Å². The summed E-state index contributed by atoms with van der Waals surface area (Å²) in [6.45, 7) is 3.16. The number of likely N-dealkylation sites (N-methyl/N-ethyl adjacent to an activating group) is 1. The molecular weight excluding hydrogens is 278 g/mol. The van der Waals surface area contributed by atoms with Gasteiger partial charge in [-0.3, -0.25) is 0 Å². The van der Waals surface area contributed by atoms with Crippen LogP contribution in [0.2, 0.25) is 5.02 Å². The Balaban J connectivity index is 1.86. The van der Waals surface area contributed by atoms with Gasteiger partial charge in [0.25, 0.3) is 0 Å². The lowest BCUT2D eigenvalue weighted by Crippen LogP contribution is -2.31. The van der Waals surface area contributed by atoms with Crippen molar-refractivity contribution in [3.63, 3.8) is 0 Å². The van der Waals surface area contributed by atoms with Crippen molar-refractivity contribution in [1.29, 1.82) is 0 Å². The first-order chi connectivity index (χ1) is 10.3. The molecular formula is C19H24ClN. The van der Waals surface area contributed by atoms with Crippen LogP contribution in [0, 0.1) is 0 Å². The third-order valence-electron chi connectivity index (χ3n) is 3.78. The van der Waals surface area contributed by atoms with E-state index in [0.29, 0.717) is 6.04 Å². The van der Waals surface area contributed by atoms with E-state index >= 15 is 0 Å². The summed E-state index contributed by atoms with van der Waals surface area (Å²) in [7, 11) is 0. The van der Waals surface area contributed by atoms with E-state index in [1.165, 1.54) is 24.0 Å². The Kier molecular flexibility index (Phi) is 6.78. The fourth-order valence-electron chi connectivity index (χ4n) is 2.69. The van der Waals surface area contributed by atoms with Crippen LogP contribution in [0.4, 0.5) is 0 Å². The number of benzene rings is 2. The van der Waals surface area contributed by atoms with Crippen LogP contribution < -0.4 is 5.32 Å². The number of aryl methyl sites for hydroxylation is 1. The summed E-state index contributed by atoms with van der Waals surface area (Å²) >= 11 is 6.27. The van der Waals surface area contributed by atoms with E-state index in [1.807, 2.05) is 12.1 Å². The van der Waals surface area contributed by atoms with E-state index in [0.717, 1.165) is 24.4 Å². The molecule has 0 heterocycles. The average molecular weight is 302 g/mol. The molecule has 0 radical (unpaired) electrons. The maximum absolute atomic E-state index is 6.27. The smallest absolute Gasteiger partial charge is 0.0438 e. The molecule has 112 valence electrons. The summed E-state index contributed by atoms with van der Waals surface area (Å²) in [5, 5.41) is 4.46. The van der Waals surface area contributed by atoms with Crippen molar-refractivity contribution in [2.45, 2.75) is 38.6 Å². The molecule has 1 atom stereocenters. The lowest BCUT2D eigenvalue weighted by atomic mass is 9.99. The highest BCUT2D eigenvalue weighted by atomic mass is 35.5. The second kappa shape index (κ2) is 8.86. The molecule has 2 aromatic rings. The molecule has 0 fully saturated rings.